The molecule has 3 heteroatoms. The van der Waals surface area contributed by atoms with Gasteiger partial charge >= 0.3 is 0 Å². The minimum Gasteiger partial charge on any atom is -0.353 e. The number of fused-ring (bicyclic) bond motifs is 1. The predicted octanol–water partition coefficient (Wildman–Crippen LogP) is 2.79. The summed E-state index contributed by atoms with van der Waals surface area (Å²) in [5.41, 5.74) is 0. The Hall–Kier alpha value is -0.120. The fourth-order valence-corrected chi connectivity index (χ4v) is 3.98. The van der Waals surface area contributed by atoms with Crippen LogP contribution in [0.2, 0.25) is 0 Å². The number of piperidine rings is 1. The van der Waals surface area contributed by atoms with E-state index in [0.717, 1.165) is 38.0 Å². The van der Waals surface area contributed by atoms with E-state index in [4.69, 9.17) is 9.47 Å². The van der Waals surface area contributed by atoms with Crippen molar-refractivity contribution in [1.29, 1.82) is 0 Å². The first-order valence-corrected chi connectivity index (χ1v) is 7.91. The third-order valence-corrected chi connectivity index (χ3v) is 4.91. The first-order valence-electron chi connectivity index (χ1n) is 7.91. The molecule has 3 fully saturated rings. The van der Waals surface area contributed by atoms with Gasteiger partial charge in [-0.25, -0.2) is 0 Å². The maximum atomic E-state index is 5.66. The third-order valence-electron chi connectivity index (χ3n) is 4.91. The van der Waals surface area contributed by atoms with Gasteiger partial charge in [-0.3, -0.25) is 4.90 Å². The van der Waals surface area contributed by atoms with Crippen LogP contribution in [-0.2, 0) is 9.47 Å². The second kappa shape index (κ2) is 6.36. The molecular weight excluding hydrogens is 226 g/mol. The topological polar surface area (TPSA) is 21.7 Å². The van der Waals surface area contributed by atoms with Crippen molar-refractivity contribution in [3.8, 4) is 0 Å². The van der Waals surface area contributed by atoms with Crippen LogP contribution in [0.1, 0.15) is 51.4 Å². The van der Waals surface area contributed by atoms with E-state index in [9.17, 15) is 0 Å². The van der Waals surface area contributed by atoms with Crippen molar-refractivity contribution >= 4 is 0 Å². The molecule has 0 unspecified atom stereocenters. The van der Waals surface area contributed by atoms with Gasteiger partial charge in [0.05, 0.1) is 13.2 Å². The average molecular weight is 253 g/mol. The zero-order valence-corrected chi connectivity index (χ0v) is 11.5. The predicted molar refractivity (Wildman–Crippen MR) is 71.5 cm³/mol. The van der Waals surface area contributed by atoms with Crippen molar-refractivity contribution in [2.24, 2.45) is 5.92 Å². The molecule has 3 aliphatic rings. The van der Waals surface area contributed by atoms with Gasteiger partial charge in [0.25, 0.3) is 0 Å². The van der Waals surface area contributed by atoms with Crippen molar-refractivity contribution in [2.75, 3.05) is 26.3 Å². The summed E-state index contributed by atoms with van der Waals surface area (Å²) in [6.07, 6.45) is 10.9. The summed E-state index contributed by atoms with van der Waals surface area (Å²) in [6.45, 7) is 4.24. The summed E-state index contributed by atoms with van der Waals surface area (Å²) in [4.78, 5) is 2.73. The van der Waals surface area contributed by atoms with Gasteiger partial charge in [0.15, 0.2) is 6.29 Å². The first kappa shape index (κ1) is 12.9. The van der Waals surface area contributed by atoms with Crippen molar-refractivity contribution in [1.82, 2.24) is 4.90 Å². The largest absolute Gasteiger partial charge is 0.353 e. The Bertz CT molecular complexity index is 251. The molecule has 18 heavy (non-hydrogen) atoms. The molecule has 2 saturated heterocycles. The first-order chi connectivity index (χ1) is 8.93. The maximum Gasteiger partial charge on any atom is 0.158 e. The number of likely N-dealkylation sites (tertiary alicyclic amines) is 1. The molecule has 0 amide bonds. The minimum absolute atomic E-state index is 0.0720. The van der Waals surface area contributed by atoms with E-state index in [0.29, 0.717) is 0 Å². The molecule has 0 radical (unpaired) electrons. The zero-order valence-electron chi connectivity index (χ0n) is 11.5. The second-order valence-electron chi connectivity index (χ2n) is 6.10. The standard InChI is InChI=1S/C15H27NO2/c1-2-7-14-13(5-1)6-3-9-16(14)10-8-15-17-11-4-12-18-15/h13-15H,1-12H2/t13-,14-/m1/s1. The highest BCUT2D eigenvalue weighted by Gasteiger charge is 2.33. The number of rotatable bonds is 3. The van der Waals surface area contributed by atoms with E-state index in [1.165, 1.54) is 51.6 Å². The lowest BCUT2D eigenvalue weighted by Gasteiger charge is -2.44. The Morgan fingerprint density at radius 3 is 2.56 bits per heavy atom. The molecule has 0 spiro atoms. The molecule has 1 saturated carbocycles. The normalized spacial score (nSPS) is 35.3. The Morgan fingerprint density at radius 2 is 1.67 bits per heavy atom. The molecule has 2 atom stereocenters. The second-order valence-corrected chi connectivity index (χ2v) is 6.10. The Kier molecular flexibility index (Phi) is 4.55. The molecule has 2 aliphatic heterocycles. The van der Waals surface area contributed by atoms with Crippen molar-refractivity contribution in [3.05, 3.63) is 0 Å². The van der Waals surface area contributed by atoms with E-state index in [1.807, 2.05) is 0 Å². The fourth-order valence-electron chi connectivity index (χ4n) is 3.98. The Balaban J connectivity index is 1.48. The van der Waals surface area contributed by atoms with E-state index in [-0.39, 0.29) is 6.29 Å². The summed E-state index contributed by atoms with van der Waals surface area (Å²) in [5, 5.41) is 0. The minimum atomic E-state index is 0.0720. The fraction of sp³-hybridized carbons (Fsp3) is 1.00. The van der Waals surface area contributed by atoms with Gasteiger partial charge in [-0.15, -0.1) is 0 Å². The van der Waals surface area contributed by atoms with Crippen molar-refractivity contribution in [2.45, 2.75) is 63.7 Å². The highest BCUT2D eigenvalue weighted by molar-refractivity contribution is 4.87. The number of hydrogen-bond acceptors (Lipinski definition) is 3. The van der Waals surface area contributed by atoms with Gasteiger partial charge < -0.3 is 9.47 Å². The number of ether oxygens (including phenoxy) is 2. The Morgan fingerprint density at radius 1 is 0.889 bits per heavy atom. The van der Waals surface area contributed by atoms with Crippen LogP contribution in [0.15, 0.2) is 0 Å². The number of nitrogens with zero attached hydrogens (tertiary/aromatic N) is 1. The summed E-state index contributed by atoms with van der Waals surface area (Å²) in [6, 6.07) is 0.871. The molecule has 3 rings (SSSR count). The molecule has 2 heterocycles. The highest BCUT2D eigenvalue weighted by Crippen LogP contribution is 2.35. The third kappa shape index (κ3) is 3.06. The molecule has 0 aromatic carbocycles. The lowest BCUT2D eigenvalue weighted by Crippen LogP contribution is -2.47. The van der Waals surface area contributed by atoms with Gasteiger partial charge in [0.2, 0.25) is 0 Å². The van der Waals surface area contributed by atoms with Gasteiger partial charge in [0.1, 0.15) is 0 Å². The van der Waals surface area contributed by atoms with Crippen LogP contribution in [-0.4, -0.2) is 43.5 Å². The lowest BCUT2D eigenvalue weighted by atomic mass is 9.78. The maximum absolute atomic E-state index is 5.66. The van der Waals surface area contributed by atoms with Gasteiger partial charge in [-0.05, 0) is 44.6 Å². The molecule has 0 aromatic rings. The van der Waals surface area contributed by atoms with E-state index in [1.54, 1.807) is 0 Å². The van der Waals surface area contributed by atoms with Crippen molar-refractivity contribution < 1.29 is 9.47 Å². The quantitative estimate of drug-likeness (QED) is 0.772. The average Bonchev–Trinajstić information content (AvgIpc) is 2.46. The monoisotopic (exact) mass is 253 g/mol. The Labute approximate surface area is 111 Å². The molecule has 1 aliphatic carbocycles. The van der Waals surface area contributed by atoms with E-state index < -0.39 is 0 Å². The van der Waals surface area contributed by atoms with Crippen LogP contribution in [0.4, 0.5) is 0 Å². The number of hydrogen-bond donors (Lipinski definition) is 0. The van der Waals surface area contributed by atoms with E-state index in [2.05, 4.69) is 4.90 Å². The van der Waals surface area contributed by atoms with Crippen LogP contribution in [0.5, 0.6) is 0 Å². The molecule has 0 aromatic heterocycles. The SMILES string of the molecule is C1COC(CCN2CCC[C@H]3CCCC[C@H]32)OC1. The zero-order chi connectivity index (χ0) is 12.2. The van der Waals surface area contributed by atoms with Gasteiger partial charge in [0, 0.05) is 19.0 Å². The molecule has 3 nitrogen and oxygen atoms in total. The summed E-state index contributed by atoms with van der Waals surface area (Å²) in [7, 11) is 0. The molecule has 0 bridgehead atoms. The van der Waals surface area contributed by atoms with Crippen LogP contribution in [0, 0.1) is 5.92 Å². The van der Waals surface area contributed by atoms with E-state index >= 15 is 0 Å². The van der Waals surface area contributed by atoms with Crippen LogP contribution in [0.3, 0.4) is 0 Å². The van der Waals surface area contributed by atoms with Crippen molar-refractivity contribution in [3.63, 3.8) is 0 Å². The molecule has 0 N–H and O–H groups in total. The highest BCUT2D eigenvalue weighted by atomic mass is 16.7. The van der Waals surface area contributed by atoms with Gasteiger partial charge in [-0.2, -0.15) is 0 Å². The molecule has 104 valence electrons. The summed E-state index contributed by atoms with van der Waals surface area (Å²) in [5.74, 6) is 0.987. The molecular formula is C15H27NO2. The summed E-state index contributed by atoms with van der Waals surface area (Å²) >= 11 is 0. The van der Waals surface area contributed by atoms with Gasteiger partial charge in [-0.1, -0.05) is 12.8 Å². The van der Waals surface area contributed by atoms with Crippen LogP contribution < -0.4 is 0 Å². The van der Waals surface area contributed by atoms with Crippen LogP contribution >= 0.6 is 0 Å². The lowest BCUT2D eigenvalue weighted by molar-refractivity contribution is -0.184. The summed E-state index contributed by atoms with van der Waals surface area (Å²) < 4.78 is 11.3. The van der Waals surface area contributed by atoms with Crippen LogP contribution in [0.25, 0.3) is 0 Å². The smallest absolute Gasteiger partial charge is 0.158 e.